The zero-order valence-corrected chi connectivity index (χ0v) is 8.87. The Labute approximate surface area is 85.2 Å². The predicted octanol–water partition coefficient (Wildman–Crippen LogP) is 2.39. The van der Waals surface area contributed by atoms with E-state index < -0.39 is 0 Å². The number of hydrogen-bond donors (Lipinski definition) is 0. The van der Waals surface area contributed by atoms with E-state index in [0.29, 0.717) is 6.10 Å². The summed E-state index contributed by atoms with van der Waals surface area (Å²) in [7, 11) is 1.62. The highest BCUT2D eigenvalue weighted by Crippen LogP contribution is 2.32. The van der Waals surface area contributed by atoms with Crippen LogP contribution >= 0.6 is 15.9 Å². The van der Waals surface area contributed by atoms with Gasteiger partial charge in [-0.2, -0.15) is 0 Å². The van der Waals surface area contributed by atoms with Crippen molar-refractivity contribution in [3.05, 3.63) is 16.9 Å². The van der Waals surface area contributed by atoms with Crippen LogP contribution < -0.4 is 9.47 Å². The first-order valence-electron chi connectivity index (χ1n) is 4.16. The maximum absolute atomic E-state index is 5.61. The molecule has 1 aromatic heterocycles. The second kappa shape index (κ2) is 3.54. The van der Waals surface area contributed by atoms with Crippen molar-refractivity contribution in [2.24, 2.45) is 0 Å². The molecule has 1 aromatic rings. The molecule has 2 rings (SSSR count). The molecular weight excluding hydrogens is 234 g/mol. The fourth-order valence-corrected chi connectivity index (χ4v) is 1.28. The summed E-state index contributed by atoms with van der Waals surface area (Å²) in [5.74, 6) is 1.49. The van der Waals surface area contributed by atoms with Crippen LogP contribution in [0.2, 0.25) is 0 Å². The van der Waals surface area contributed by atoms with Crippen molar-refractivity contribution in [2.45, 2.75) is 18.9 Å². The van der Waals surface area contributed by atoms with Gasteiger partial charge in [-0.1, -0.05) is 0 Å². The highest BCUT2D eigenvalue weighted by atomic mass is 79.9. The largest absolute Gasteiger partial charge is 0.495 e. The highest BCUT2D eigenvalue weighted by Gasteiger charge is 2.24. The van der Waals surface area contributed by atoms with E-state index >= 15 is 0 Å². The van der Waals surface area contributed by atoms with Crippen LogP contribution in [0.4, 0.5) is 0 Å². The molecule has 3 nitrogen and oxygen atoms in total. The summed E-state index contributed by atoms with van der Waals surface area (Å²) in [6, 6.07) is 1.84. The molecule has 0 aliphatic heterocycles. The number of nitrogens with zero attached hydrogens (tertiary/aromatic N) is 1. The molecule has 0 aromatic carbocycles. The van der Waals surface area contributed by atoms with Crippen LogP contribution in [0.15, 0.2) is 16.9 Å². The van der Waals surface area contributed by atoms with E-state index in [0.717, 1.165) is 28.9 Å². The summed E-state index contributed by atoms with van der Waals surface area (Å²) < 4.78 is 11.4. The predicted molar refractivity (Wildman–Crippen MR) is 52.1 cm³/mol. The first-order chi connectivity index (χ1) is 6.29. The van der Waals surface area contributed by atoms with E-state index in [4.69, 9.17) is 9.47 Å². The molecule has 0 radical (unpaired) electrons. The molecule has 0 atom stereocenters. The first-order valence-corrected chi connectivity index (χ1v) is 4.95. The third-order valence-electron chi connectivity index (χ3n) is 1.84. The van der Waals surface area contributed by atoms with Gasteiger partial charge in [-0.25, -0.2) is 4.98 Å². The Morgan fingerprint density at radius 3 is 2.92 bits per heavy atom. The van der Waals surface area contributed by atoms with Crippen molar-refractivity contribution < 1.29 is 9.47 Å². The van der Waals surface area contributed by atoms with Gasteiger partial charge >= 0.3 is 0 Å². The van der Waals surface area contributed by atoms with Gasteiger partial charge in [-0.3, -0.25) is 0 Å². The van der Waals surface area contributed by atoms with Crippen LogP contribution in [0.5, 0.6) is 11.5 Å². The molecule has 0 N–H and O–H groups in total. The van der Waals surface area contributed by atoms with Gasteiger partial charge in [-0.05, 0) is 28.8 Å². The average molecular weight is 244 g/mol. The lowest BCUT2D eigenvalue weighted by Gasteiger charge is -2.07. The summed E-state index contributed by atoms with van der Waals surface area (Å²) >= 11 is 3.32. The van der Waals surface area contributed by atoms with Crippen molar-refractivity contribution in [1.29, 1.82) is 0 Å². The fourth-order valence-electron chi connectivity index (χ4n) is 0.970. The molecule has 1 saturated carbocycles. The summed E-state index contributed by atoms with van der Waals surface area (Å²) in [6.07, 6.45) is 4.32. The van der Waals surface area contributed by atoms with E-state index in [-0.39, 0.29) is 0 Å². The van der Waals surface area contributed by atoms with Crippen molar-refractivity contribution in [3.8, 4) is 11.5 Å². The Hall–Kier alpha value is -0.770. The molecule has 1 aliphatic rings. The van der Waals surface area contributed by atoms with Gasteiger partial charge in [0.25, 0.3) is 0 Å². The minimum atomic E-state index is 0.380. The van der Waals surface area contributed by atoms with Gasteiger partial charge in [0, 0.05) is 6.07 Å². The van der Waals surface area contributed by atoms with Crippen LogP contribution in [-0.4, -0.2) is 18.2 Å². The van der Waals surface area contributed by atoms with Crippen LogP contribution in [0.3, 0.4) is 0 Å². The number of pyridine rings is 1. The second-order valence-corrected chi connectivity index (χ2v) is 3.73. The summed E-state index contributed by atoms with van der Waals surface area (Å²) in [6.45, 7) is 0. The monoisotopic (exact) mass is 243 g/mol. The topological polar surface area (TPSA) is 31.4 Å². The maximum atomic E-state index is 5.61. The third kappa shape index (κ3) is 2.12. The molecule has 4 heteroatoms. The molecule has 70 valence electrons. The second-order valence-electron chi connectivity index (χ2n) is 2.98. The molecule has 0 unspecified atom stereocenters. The number of ether oxygens (including phenoxy) is 2. The smallest absolute Gasteiger partial charge is 0.156 e. The molecule has 1 heterocycles. The standard InChI is InChI=1S/C9H10BrNO2/c1-12-7-4-8(9(10)11-5-7)13-6-2-3-6/h4-6H,2-3H2,1H3. The van der Waals surface area contributed by atoms with Crippen LogP contribution in [0.1, 0.15) is 12.8 Å². The Kier molecular flexibility index (Phi) is 2.40. The lowest BCUT2D eigenvalue weighted by atomic mass is 10.4. The number of aromatic nitrogens is 1. The minimum Gasteiger partial charge on any atom is -0.495 e. The molecule has 1 aliphatic carbocycles. The lowest BCUT2D eigenvalue weighted by Crippen LogP contribution is -1.98. The van der Waals surface area contributed by atoms with Gasteiger partial charge in [0.15, 0.2) is 5.75 Å². The maximum Gasteiger partial charge on any atom is 0.156 e. The molecule has 0 spiro atoms. The normalized spacial score (nSPS) is 15.5. The summed E-state index contributed by atoms with van der Waals surface area (Å²) in [5, 5.41) is 0. The van der Waals surface area contributed by atoms with Crippen molar-refractivity contribution >= 4 is 15.9 Å². The zero-order valence-electron chi connectivity index (χ0n) is 7.29. The Morgan fingerprint density at radius 1 is 1.54 bits per heavy atom. The summed E-state index contributed by atoms with van der Waals surface area (Å²) in [4.78, 5) is 4.10. The third-order valence-corrected chi connectivity index (χ3v) is 2.43. The average Bonchev–Trinajstić information content (AvgIpc) is 2.93. The molecule has 1 fully saturated rings. The van der Waals surface area contributed by atoms with Gasteiger partial charge in [0.1, 0.15) is 10.4 Å². The fraction of sp³-hybridized carbons (Fsp3) is 0.444. The number of methoxy groups -OCH3 is 1. The quantitative estimate of drug-likeness (QED) is 0.765. The first kappa shape index (κ1) is 8.81. The molecule has 0 saturated heterocycles. The number of hydrogen-bond acceptors (Lipinski definition) is 3. The van der Waals surface area contributed by atoms with E-state index in [1.165, 1.54) is 0 Å². The minimum absolute atomic E-state index is 0.380. The Bertz CT molecular complexity index is 312. The van der Waals surface area contributed by atoms with E-state index in [2.05, 4.69) is 20.9 Å². The van der Waals surface area contributed by atoms with Crippen LogP contribution in [0, 0.1) is 0 Å². The van der Waals surface area contributed by atoms with Crippen LogP contribution in [-0.2, 0) is 0 Å². The molecule has 13 heavy (non-hydrogen) atoms. The highest BCUT2D eigenvalue weighted by molar-refractivity contribution is 9.10. The molecular formula is C9H10BrNO2. The van der Waals surface area contributed by atoms with Crippen LogP contribution in [0.25, 0.3) is 0 Å². The van der Waals surface area contributed by atoms with Gasteiger partial charge in [0.05, 0.1) is 19.4 Å². The van der Waals surface area contributed by atoms with Crippen molar-refractivity contribution in [1.82, 2.24) is 4.98 Å². The summed E-state index contributed by atoms with van der Waals surface area (Å²) in [5.41, 5.74) is 0. The van der Waals surface area contributed by atoms with E-state index in [9.17, 15) is 0 Å². The Morgan fingerprint density at radius 2 is 2.31 bits per heavy atom. The van der Waals surface area contributed by atoms with E-state index in [1.54, 1.807) is 13.3 Å². The van der Waals surface area contributed by atoms with Gasteiger partial charge < -0.3 is 9.47 Å². The molecule has 0 amide bonds. The lowest BCUT2D eigenvalue weighted by molar-refractivity contribution is 0.297. The van der Waals surface area contributed by atoms with Gasteiger partial charge in [0.2, 0.25) is 0 Å². The Balaban J connectivity index is 2.19. The van der Waals surface area contributed by atoms with Crippen molar-refractivity contribution in [3.63, 3.8) is 0 Å². The molecule has 0 bridgehead atoms. The van der Waals surface area contributed by atoms with Crippen molar-refractivity contribution in [2.75, 3.05) is 7.11 Å². The van der Waals surface area contributed by atoms with E-state index in [1.807, 2.05) is 6.07 Å². The number of halogens is 1. The number of rotatable bonds is 3. The zero-order chi connectivity index (χ0) is 9.26. The van der Waals surface area contributed by atoms with Gasteiger partial charge in [-0.15, -0.1) is 0 Å². The SMILES string of the molecule is COc1cnc(Br)c(OC2CC2)c1.